The first kappa shape index (κ1) is 23.4. The molecule has 1 fully saturated rings. The summed E-state index contributed by atoms with van der Waals surface area (Å²) in [6.07, 6.45) is 2.57. The van der Waals surface area contributed by atoms with Gasteiger partial charge in [-0.25, -0.2) is 19.2 Å². The molecule has 0 N–H and O–H groups in total. The standard InChI is InChI=1S/C27H25FN6O2/c1-27(2,3)36-26(35)34-10-8-33(9-11-34)25-21-15-30-23(22(28)24(21)31-16-32-25)20-13-17(14-29)12-18-6-4-5-7-19(18)20/h4-7,12-13,15-16H,8-11H2,1-3H3. The minimum Gasteiger partial charge on any atom is -0.444 e. The molecule has 2 aromatic carbocycles. The Morgan fingerprint density at radius 3 is 2.53 bits per heavy atom. The van der Waals surface area contributed by atoms with E-state index >= 15 is 4.39 Å². The molecule has 1 aliphatic rings. The molecule has 2 aromatic heterocycles. The Hall–Kier alpha value is -4.32. The number of aromatic nitrogens is 3. The first-order valence-corrected chi connectivity index (χ1v) is 11.7. The number of rotatable bonds is 2. The van der Waals surface area contributed by atoms with Crippen LogP contribution < -0.4 is 4.90 Å². The molecule has 0 spiro atoms. The number of halogens is 1. The van der Waals surface area contributed by atoms with E-state index in [1.807, 2.05) is 49.9 Å². The molecule has 0 radical (unpaired) electrons. The van der Waals surface area contributed by atoms with Crippen molar-refractivity contribution in [1.82, 2.24) is 19.9 Å². The summed E-state index contributed by atoms with van der Waals surface area (Å²) in [6.45, 7) is 7.46. The van der Waals surface area contributed by atoms with Gasteiger partial charge in [-0.1, -0.05) is 24.3 Å². The number of nitrogens with zero attached hydrogens (tertiary/aromatic N) is 6. The van der Waals surface area contributed by atoms with Crippen LogP contribution >= 0.6 is 0 Å². The highest BCUT2D eigenvalue weighted by atomic mass is 19.1. The lowest BCUT2D eigenvalue weighted by Gasteiger charge is -2.36. The fraction of sp³-hybridized carbons (Fsp3) is 0.296. The average Bonchev–Trinajstić information content (AvgIpc) is 2.87. The van der Waals surface area contributed by atoms with Crippen molar-refractivity contribution in [3.8, 4) is 17.3 Å². The molecule has 0 bridgehead atoms. The van der Waals surface area contributed by atoms with Crippen molar-refractivity contribution in [2.24, 2.45) is 0 Å². The third-order valence-corrected chi connectivity index (χ3v) is 6.08. The minimum atomic E-state index is -0.566. The van der Waals surface area contributed by atoms with Gasteiger partial charge in [-0.3, -0.25) is 4.98 Å². The van der Waals surface area contributed by atoms with Crippen molar-refractivity contribution < 1.29 is 13.9 Å². The number of carbonyl (C=O) groups excluding carboxylic acids is 1. The van der Waals surface area contributed by atoms with Crippen LogP contribution in [0.3, 0.4) is 0 Å². The van der Waals surface area contributed by atoms with Crippen LogP contribution in [0.25, 0.3) is 32.9 Å². The normalized spacial score (nSPS) is 14.2. The molecule has 36 heavy (non-hydrogen) atoms. The van der Waals surface area contributed by atoms with Crippen LogP contribution in [0.4, 0.5) is 15.0 Å². The van der Waals surface area contributed by atoms with Crippen LogP contribution in [-0.4, -0.2) is 57.7 Å². The predicted molar refractivity (Wildman–Crippen MR) is 135 cm³/mol. The highest BCUT2D eigenvalue weighted by Crippen LogP contribution is 2.34. The van der Waals surface area contributed by atoms with Crippen LogP contribution in [0, 0.1) is 17.1 Å². The highest BCUT2D eigenvalue weighted by molar-refractivity contribution is 5.99. The van der Waals surface area contributed by atoms with Crippen molar-refractivity contribution in [3.63, 3.8) is 0 Å². The van der Waals surface area contributed by atoms with Crippen molar-refractivity contribution in [1.29, 1.82) is 5.26 Å². The number of fused-ring (bicyclic) bond motifs is 2. The van der Waals surface area contributed by atoms with Crippen molar-refractivity contribution in [2.45, 2.75) is 26.4 Å². The molecule has 1 aliphatic heterocycles. The lowest BCUT2D eigenvalue weighted by atomic mass is 9.98. The smallest absolute Gasteiger partial charge is 0.410 e. The summed E-state index contributed by atoms with van der Waals surface area (Å²) in [7, 11) is 0. The quantitative estimate of drug-likeness (QED) is 0.399. The number of hydrogen-bond acceptors (Lipinski definition) is 7. The Morgan fingerprint density at radius 1 is 1.06 bits per heavy atom. The average molecular weight is 485 g/mol. The maximum Gasteiger partial charge on any atom is 0.410 e. The summed E-state index contributed by atoms with van der Waals surface area (Å²) in [5.74, 6) is 0.00112. The second kappa shape index (κ2) is 9.04. The van der Waals surface area contributed by atoms with Crippen molar-refractivity contribution >= 4 is 33.6 Å². The van der Waals surface area contributed by atoms with Gasteiger partial charge in [-0.05, 0) is 43.7 Å². The predicted octanol–water partition coefficient (Wildman–Crippen LogP) is 4.91. The molecular formula is C27H25FN6O2. The number of pyridine rings is 1. The van der Waals surface area contributed by atoms with Gasteiger partial charge in [0.05, 0.1) is 17.0 Å². The molecular weight excluding hydrogens is 459 g/mol. The van der Waals surface area contributed by atoms with Crippen molar-refractivity contribution in [2.75, 3.05) is 31.1 Å². The minimum absolute atomic E-state index is 0.134. The molecule has 5 rings (SSSR count). The Balaban J connectivity index is 1.49. The third kappa shape index (κ3) is 4.38. The van der Waals surface area contributed by atoms with Gasteiger partial charge in [0.15, 0.2) is 5.82 Å². The maximum atomic E-state index is 15.9. The number of ether oxygens (including phenoxy) is 1. The number of hydrogen-bond donors (Lipinski definition) is 0. The zero-order valence-electron chi connectivity index (χ0n) is 20.3. The van der Waals surface area contributed by atoms with E-state index < -0.39 is 11.4 Å². The fourth-order valence-corrected chi connectivity index (χ4v) is 4.42. The largest absolute Gasteiger partial charge is 0.444 e. The SMILES string of the molecule is CC(C)(C)OC(=O)N1CCN(c2ncnc3c(F)c(-c4cc(C#N)cc5ccccc45)ncc23)CC1. The van der Waals surface area contributed by atoms with Gasteiger partial charge in [-0.15, -0.1) is 0 Å². The first-order chi connectivity index (χ1) is 17.2. The van der Waals surface area contributed by atoms with Crippen LogP contribution in [0.5, 0.6) is 0 Å². The maximum absolute atomic E-state index is 15.9. The Kier molecular flexibility index (Phi) is 5.88. The molecule has 9 heteroatoms. The van der Waals surface area contributed by atoms with Gasteiger partial charge in [0.1, 0.15) is 29.0 Å². The van der Waals surface area contributed by atoms with Crippen LogP contribution in [0.2, 0.25) is 0 Å². The summed E-state index contributed by atoms with van der Waals surface area (Å²) in [5.41, 5.74) is 0.698. The Labute approximate surface area is 208 Å². The summed E-state index contributed by atoms with van der Waals surface area (Å²) in [6, 6.07) is 13.1. The van der Waals surface area contributed by atoms with E-state index in [-0.39, 0.29) is 17.3 Å². The van der Waals surface area contributed by atoms with Crippen molar-refractivity contribution in [3.05, 3.63) is 60.3 Å². The van der Waals surface area contributed by atoms with E-state index in [1.54, 1.807) is 23.2 Å². The zero-order chi connectivity index (χ0) is 25.4. The third-order valence-electron chi connectivity index (χ3n) is 6.08. The molecule has 0 aliphatic carbocycles. The zero-order valence-corrected chi connectivity index (χ0v) is 20.3. The summed E-state index contributed by atoms with van der Waals surface area (Å²) in [4.78, 5) is 29.2. The first-order valence-electron chi connectivity index (χ1n) is 11.7. The van der Waals surface area contributed by atoms with E-state index in [2.05, 4.69) is 21.0 Å². The second-order valence-electron chi connectivity index (χ2n) is 9.69. The Bertz CT molecular complexity index is 1520. The summed E-state index contributed by atoms with van der Waals surface area (Å²) < 4.78 is 21.3. The fourth-order valence-electron chi connectivity index (χ4n) is 4.42. The molecule has 1 saturated heterocycles. The number of benzene rings is 2. The monoisotopic (exact) mass is 484 g/mol. The molecule has 1 amide bonds. The van der Waals surface area contributed by atoms with E-state index in [0.717, 1.165) is 10.8 Å². The second-order valence-corrected chi connectivity index (χ2v) is 9.69. The number of nitriles is 1. The van der Waals surface area contributed by atoms with Crippen LogP contribution in [0.1, 0.15) is 26.3 Å². The van der Waals surface area contributed by atoms with Crippen LogP contribution in [-0.2, 0) is 4.74 Å². The van der Waals surface area contributed by atoms with Gasteiger partial charge in [-0.2, -0.15) is 5.26 Å². The van der Waals surface area contributed by atoms with Gasteiger partial charge in [0, 0.05) is 37.9 Å². The molecule has 182 valence electrons. The lowest BCUT2D eigenvalue weighted by molar-refractivity contribution is 0.0240. The van der Waals surface area contributed by atoms with E-state index in [1.165, 1.54) is 6.33 Å². The van der Waals surface area contributed by atoms with Gasteiger partial charge in [0.2, 0.25) is 0 Å². The lowest BCUT2D eigenvalue weighted by Crippen LogP contribution is -2.50. The molecule has 0 unspecified atom stereocenters. The molecule has 0 saturated carbocycles. The molecule has 4 aromatic rings. The summed E-state index contributed by atoms with van der Waals surface area (Å²) >= 11 is 0. The Morgan fingerprint density at radius 2 is 1.81 bits per heavy atom. The topological polar surface area (TPSA) is 95.2 Å². The van der Waals surface area contributed by atoms with Gasteiger partial charge >= 0.3 is 6.09 Å². The molecule has 8 nitrogen and oxygen atoms in total. The summed E-state index contributed by atoms with van der Waals surface area (Å²) in [5, 5.41) is 11.6. The number of anilines is 1. The number of amides is 1. The van der Waals surface area contributed by atoms with Gasteiger partial charge < -0.3 is 14.5 Å². The van der Waals surface area contributed by atoms with E-state index in [0.29, 0.717) is 48.5 Å². The van der Waals surface area contributed by atoms with Crippen LogP contribution in [0.15, 0.2) is 48.9 Å². The molecule has 3 heterocycles. The van der Waals surface area contributed by atoms with Gasteiger partial charge in [0.25, 0.3) is 0 Å². The number of carbonyl (C=O) groups is 1. The van der Waals surface area contributed by atoms with E-state index in [4.69, 9.17) is 4.74 Å². The van der Waals surface area contributed by atoms with E-state index in [9.17, 15) is 10.1 Å². The molecule has 0 atom stereocenters. The highest BCUT2D eigenvalue weighted by Gasteiger charge is 2.28. The number of piperazine rings is 1.